The molecule has 26 heavy (non-hydrogen) atoms. The van der Waals surface area contributed by atoms with Gasteiger partial charge in [-0.3, -0.25) is 9.59 Å². The van der Waals surface area contributed by atoms with Crippen molar-refractivity contribution in [3.63, 3.8) is 0 Å². The molecule has 7 nitrogen and oxygen atoms in total. The maximum Gasteiger partial charge on any atom is 0.243 e. The van der Waals surface area contributed by atoms with E-state index in [1.54, 1.807) is 24.3 Å². The van der Waals surface area contributed by atoms with Crippen LogP contribution in [0.2, 0.25) is 0 Å². The molecule has 2 rings (SSSR count). The summed E-state index contributed by atoms with van der Waals surface area (Å²) in [5, 5.41) is 5.37. The summed E-state index contributed by atoms with van der Waals surface area (Å²) in [6, 6.07) is 7.04. The highest BCUT2D eigenvalue weighted by Crippen LogP contribution is 2.49. The fourth-order valence-electron chi connectivity index (χ4n) is 3.15. The van der Waals surface area contributed by atoms with E-state index >= 15 is 0 Å². The highest BCUT2D eigenvalue weighted by Gasteiger charge is 2.62. The van der Waals surface area contributed by atoms with E-state index in [4.69, 9.17) is 15.2 Å². The zero-order chi connectivity index (χ0) is 19.4. The molecule has 1 aromatic carbocycles. The predicted octanol–water partition coefficient (Wildman–Crippen LogP) is 1.67. The number of anilines is 1. The van der Waals surface area contributed by atoms with Gasteiger partial charge in [-0.05, 0) is 38.1 Å². The average molecular weight is 363 g/mol. The second-order valence-corrected chi connectivity index (χ2v) is 7.03. The zero-order valence-corrected chi connectivity index (χ0v) is 15.9. The van der Waals surface area contributed by atoms with E-state index in [9.17, 15) is 9.59 Å². The molecule has 1 aliphatic carbocycles. The first-order valence-corrected chi connectivity index (χ1v) is 8.96. The molecule has 0 aliphatic heterocycles. The fraction of sp³-hybridized carbons (Fsp3) is 0.579. The van der Waals surface area contributed by atoms with Crippen molar-refractivity contribution < 1.29 is 19.1 Å². The van der Waals surface area contributed by atoms with Gasteiger partial charge in [-0.2, -0.15) is 0 Å². The Kier molecular flexibility index (Phi) is 6.26. The van der Waals surface area contributed by atoms with E-state index in [2.05, 4.69) is 10.6 Å². The minimum Gasteiger partial charge on any atom is -0.494 e. The molecule has 1 aromatic rings. The van der Waals surface area contributed by atoms with Gasteiger partial charge in [0.1, 0.15) is 11.3 Å². The molecule has 0 aromatic heterocycles. The van der Waals surface area contributed by atoms with Gasteiger partial charge < -0.3 is 25.8 Å². The lowest BCUT2D eigenvalue weighted by atomic mass is 9.54. The number of amides is 2. The van der Waals surface area contributed by atoms with Crippen molar-refractivity contribution in [2.45, 2.75) is 45.8 Å². The molecule has 0 radical (unpaired) electrons. The molecule has 2 atom stereocenters. The van der Waals surface area contributed by atoms with Gasteiger partial charge in [-0.1, -0.05) is 13.8 Å². The minimum atomic E-state index is -1.04. The number of nitrogens with two attached hydrogens (primary N) is 1. The molecule has 1 aliphatic rings. The third kappa shape index (κ3) is 3.99. The summed E-state index contributed by atoms with van der Waals surface area (Å²) in [4.78, 5) is 24.6. The third-order valence-electron chi connectivity index (χ3n) is 5.09. The fourth-order valence-corrected chi connectivity index (χ4v) is 3.15. The van der Waals surface area contributed by atoms with Crippen LogP contribution in [0.15, 0.2) is 24.3 Å². The quantitative estimate of drug-likeness (QED) is 0.652. The standard InChI is InChI=1S/C19H29N3O4/c1-5-25-14-9-7-13(8-10-14)22-16(23)12-21-17(24)19(20)11-15(26-6-2)18(19,3)4/h7-10,15H,5-6,11-12,20H2,1-4H3,(H,21,24)(H,22,23). The monoisotopic (exact) mass is 363 g/mol. The Labute approximate surface area is 154 Å². The maximum absolute atomic E-state index is 12.5. The molecular formula is C19H29N3O4. The molecule has 0 bridgehead atoms. The van der Waals surface area contributed by atoms with Crippen LogP contribution in [0.5, 0.6) is 5.75 Å². The SMILES string of the molecule is CCOc1ccc(NC(=O)CNC(=O)C2(N)CC(OCC)C2(C)C)cc1. The van der Waals surface area contributed by atoms with E-state index in [1.165, 1.54) is 0 Å². The minimum absolute atomic E-state index is 0.0547. The molecule has 0 spiro atoms. The number of nitrogens with one attached hydrogen (secondary N) is 2. The molecule has 1 fully saturated rings. The Bertz CT molecular complexity index is 645. The van der Waals surface area contributed by atoms with Crippen LogP contribution in [0, 0.1) is 5.41 Å². The summed E-state index contributed by atoms with van der Waals surface area (Å²) in [5.41, 5.74) is 5.40. The maximum atomic E-state index is 12.5. The van der Waals surface area contributed by atoms with Crippen molar-refractivity contribution in [1.82, 2.24) is 5.32 Å². The summed E-state index contributed by atoms with van der Waals surface area (Å²) < 4.78 is 11.0. The lowest BCUT2D eigenvalue weighted by Crippen LogP contribution is -2.76. The number of hydrogen-bond acceptors (Lipinski definition) is 5. The Morgan fingerprint density at radius 1 is 1.19 bits per heavy atom. The van der Waals surface area contributed by atoms with E-state index in [1.807, 2.05) is 27.7 Å². The Hall–Kier alpha value is -2.12. The highest BCUT2D eigenvalue weighted by atomic mass is 16.5. The van der Waals surface area contributed by atoms with Crippen LogP contribution in [0.1, 0.15) is 34.1 Å². The summed E-state index contributed by atoms with van der Waals surface area (Å²) >= 11 is 0. The van der Waals surface area contributed by atoms with Gasteiger partial charge in [0.15, 0.2) is 0 Å². The van der Waals surface area contributed by atoms with Gasteiger partial charge in [-0.15, -0.1) is 0 Å². The first-order valence-electron chi connectivity index (χ1n) is 8.96. The van der Waals surface area contributed by atoms with Crippen molar-refractivity contribution in [3.05, 3.63) is 24.3 Å². The van der Waals surface area contributed by atoms with Crippen LogP contribution in [0.4, 0.5) is 5.69 Å². The molecule has 0 saturated heterocycles. The number of benzene rings is 1. The number of carbonyl (C=O) groups is 2. The smallest absolute Gasteiger partial charge is 0.243 e. The largest absolute Gasteiger partial charge is 0.494 e. The van der Waals surface area contributed by atoms with Crippen molar-refractivity contribution >= 4 is 17.5 Å². The topological polar surface area (TPSA) is 103 Å². The van der Waals surface area contributed by atoms with Crippen molar-refractivity contribution in [1.29, 1.82) is 0 Å². The van der Waals surface area contributed by atoms with Gasteiger partial charge >= 0.3 is 0 Å². The molecule has 2 amide bonds. The van der Waals surface area contributed by atoms with Crippen LogP contribution in [-0.4, -0.2) is 43.2 Å². The summed E-state index contributed by atoms with van der Waals surface area (Å²) in [6.45, 7) is 8.67. The molecule has 4 N–H and O–H groups in total. The van der Waals surface area contributed by atoms with E-state index < -0.39 is 11.0 Å². The molecule has 2 unspecified atom stereocenters. The van der Waals surface area contributed by atoms with Gasteiger partial charge in [0.25, 0.3) is 0 Å². The Morgan fingerprint density at radius 3 is 2.38 bits per heavy atom. The lowest BCUT2D eigenvalue weighted by Gasteiger charge is -2.57. The first-order chi connectivity index (χ1) is 12.2. The van der Waals surface area contributed by atoms with Crippen LogP contribution >= 0.6 is 0 Å². The number of hydrogen-bond donors (Lipinski definition) is 3. The summed E-state index contributed by atoms with van der Waals surface area (Å²) in [6.07, 6.45) is 0.390. The van der Waals surface area contributed by atoms with Gasteiger partial charge in [-0.25, -0.2) is 0 Å². The Morgan fingerprint density at radius 2 is 1.85 bits per heavy atom. The van der Waals surface area contributed by atoms with Crippen LogP contribution in [-0.2, 0) is 14.3 Å². The van der Waals surface area contributed by atoms with E-state index in [0.29, 0.717) is 25.3 Å². The van der Waals surface area contributed by atoms with Crippen LogP contribution in [0.25, 0.3) is 0 Å². The van der Waals surface area contributed by atoms with Gasteiger partial charge in [0.2, 0.25) is 11.8 Å². The number of ether oxygens (including phenoxy) is 2. The molecule has 144 valence electrons. The van der Waals surface area contributed by atoms with Crippen molar-refractivity contribution in [3.8, 4) is 5.75 Å². The van der Waals surface area contributed by atoms with Gasteiger partial charge in [0, 0.05) is 24.1 Å². The normalized spacial score (nSPS) is 23.7. The molecular weight excluding hydrogens is 334 g/mol. The number of carbonyl (C=O) groups excluding carboxylic acids is 2. The van der Waals surface area contributed by atoms with Crippen LogP contribution in [0.3, 0.4) is 0 Å². The second kappa shape index (κ2) is 8.05. The first kappa shape index (κ1) is 20.2. The predicted molar refractivity (Wildman–Crippen MR) is 100.0 cm³/mol. The highest BCUT2D eigenvalue weighted by molar-refractivity contribution is 5.96. The van der Waals surface area contributed by atoms with Gasteiger partial charge in [0.05, 0.1) is 19.3 Å². The third-order valence-corrected chi connectivity index (χ3v) is 5.09. The number of rotatable bonds is 8. The summed E-state index contributed by atoms with van der Waals surface area (Å²) in [7, 11) is 0. The molecule has 1 saturated carbocycles. The molecule has 0 heterocycles. The Balaban J connectivity index is 1.84. The molecule has 7 heteroatoms. The lowest BCUT2D eigenvalue weighted by molar-refractivity contribution is -0.170. The summed E-state index contributed by atoms with van der Waals surface area (Å²) in [5.74, 6) is 0.0878. The zero-order valence-electron chi connectivity index (χ0n) is 15.9. The average Bonchev–Trinajstić information content (AvgIpc) is 2.61. The van der Waals surface area contributed by atoms with Crippen molar-refractivity contribution in [2.24, 2.45) is 11.1 Å². The van der Waals surface area contributed by atoms with Crippen LogP contribution < -0.4 is 21.1 Å². The second-order valence-electron chi connectivity index (χ2n) is 7.03. The van der Waals surface area contributed by atoms with Crippen molar-refractivity contribution in [2.75, 3.05) is 25.1 Å². The van der Waals surface area contributed by atoms with E-state index in [-0.39, 0.29) is 24.5 Å². The van der Waals surface area contributed by atoms with E-state index in [0.717, 1.165) is 5.75 Å².